The van der Waals surface area contributed by atoms with Gasteiger partial charge in [0.05, 0.1) is 6.04 Å². The molecule has 1 aliphatic heterocycles. The molecule has 3 rings (SSSR count). The van der Waals surface area contributed by atoms with E-state index in [2.05, 4.69) is 17.1 Å². The molecule has 124 valence electrons. The Morgan fingerprint density at radius 3 is 2.74 bits per heavy atom. The number of benzene rings is 1. The van der Waals surface area contributed by atoms with Crippen molar-refractivity contribution in [3.05, 3.63) is 52.0 Å². The molecule has 1 aliphatic rings. The van der Waals surface area contributed by atoms with E-state index in [9.17, 15) is 4.79 Å². The van der Waals surface area contributed by atoms with Crippen LogP contribution in [-0.2, 0) is 6.54 Å². The van der Waals surface area contributed by atoms with Crippen LogP contribution in [0.25, 0.3) is 0 Å². The maximum atomic E-state index is 12.9. The number of halogens is 1. The van der Waals surface area contributed by atoms with Crippen molar-refractivity contribution in [2.24, 2.45) is 5.73 Å². The summed E-state index contributed by atoms with van der Waals surface area (Å²) in [5.74, 6) is 0.0340. The first-order valence-electron chi connectivity index (χ1n) is 7.80. The van der Waals surface area contributed by atoms with E-state index in [4.69, 9.17) is 5.73 Å². The fourth-order valence-electron chi connectivity index (χ4n) is 3.02. The van der Waals surface area contributed by atoms with Crippen molar-refractivity contribution in [3.63, 3.8) is 0 Å². The van der Waals surface area contributed by atoms with Crippen LogP contribution >= 0.6 is 23.7 Å². The third-order valence-corrected chi connectivity index (χ3v) is 5.01. The van der Waals surface area contributed by atoms with Crippen LogP contribution in [-0.4, -0.2) is 22.3 Å². The molecule has 1 atom stereocenters. The van der Waals surface area contributed by atoms with Gasteiger partial charge in [-0.3, -0.25) is 4.79 Å². The first-order chi connectivity index (χ1) is 10.8. The number of hydrogen-bond donors (Lipinski definition) is 1. The smallest absolute Gasteiger partial charge is 0.273 e. The number of nitrogens with zero attached hydrogens (tertiary/aromatic N) is 2. The Hall–Kier alpha value is -1.43. The van der Waals surface area contributed by atoms with E-state index >= 15 is 0 Å². The minimum atomic E-state index is 0. The van der Waals surface area contributed by atoms with Crippen LogP contribution in [0.2, 0.25) is 0 Å². The van der Waals surface area contributed by atoms with Gasteiger partial charge in [-0.1, -0.05) is 43.2 Å². The Labute approximate surface area is 147 Å². The number of carbonyl (C=O) groups excluding carboxylic acids is 1. The molecule has 4 nitrogen and oxygen atoms in total. The Morgan fingerprint density at radius 1 is 1.26 bits per heavy atom. The quantitative estimate of drug-likeness (QED) is 0.915. The molecule has 23 heavy (non-hydrogen) atoms. The number of aromatic nitrogens is 1. The van der Waals surface area contributed by atoms with Gasteiger partial charge in [-0.05, 0) is 18.4 Å². The second-order valence-corrected chi connectivity index (χ2v) is 6.55. The summed E-state index contributed by atoms with van der Waals surface area (Å²) in [5.41, 5.74) is 7.36. The zero-order valence-corrected chi connectivity index (χ0v) is 14.6. The van der Waals surface area contributed by atoms with Crippen LogP contribution in [0.15, 0.2) is 35.7 Å². The molecule has 2 heterocycles. The molecule has 1 fully saturated rings. The van der Waals surface area contributed by atoms with Gasteiger partial charge in [0.15, 0.2) is 0 Å². The lowest BCUT2D eigenvalue weighted by molar-refractivity contribution is 0.0675. The van der Waals surface area contributed by atoms with E-state index in [1.807, 2.05) is 28.5 Å². The Balaban J connectivity index is 0.00000192. The molecule has 1 unspecified atom stereocenters. The molecule has 2 aromatic rings. The first kappa shape index (κ1) is 17.9. The van der Waals surface area contributed by atoms with Crippen molar-refractivity contribution in [2.45, 2.75) is 38.3 Å². The summed E-state index contributed by atoms with van der Waals surface area (Å²) in [6.45, 7) is 1.19. The summed E-state index contributed by atoms with van der Waals surface area (Å²) in [7, 11) is 0. The molecule has 6 heteroatoms. The van der Waals surface area contributed by atoms with Gasteiger partial charge in [-0.15, -0.1) is 23.7 Å². The maximum Gasteiger partial charge on any atom is 0.273 e. The number of carbonyl (C=O) groups is 1. The lowest BCUT2D eigenvalue weighted by Gasteiger charge is -2.30. The molecule has 0 radical (unpaired) electrons. The van der Waals surface area contributed by atoms with Crippen LogP contribution in [0, 0.1) is 0 Å². The standard InChI is InChI=1S/C17H21N3OS.ClH/c18-11-16-19-14(12-22-16)17(21)20-10-6-2-5-9-15(20)13-7-3-1-4-8-13;/h1,3-4,7-8,12,15H,2,5-6,9-11,18H2;1H. The monoisotopic (exact) mass is 351 g/mol. The highest BCUT2D eigenvalue weighted by atomic mass is 35.5. The van der Waals surface area contributed by atoms with Crippen LogP contribution in [0.4, 0.5) is 0 Å². The number of likely N-dealkylation sites (tertiary alicyclic amines) is 1. The van der Waals surface area contributed by atoms with Crippen LogP contribution in [0.3, 0.4) is 0 Å². The van der Waals surface area contributed by atoms with Gasteiger partial charge in [-0.25, -0.2) is 4.98 Å². The summed E-state index contributed by atoms with van der Waals surface area (Å²) in [6, 6.07) is 10.5. The maximum absolute atomic E-state index is 12.9. The highest BCUT2D eigenvalue weighted by Crippen LogP contribution is 2.31. The lowest BCUT2D eigenvalue weighted by atomic mass is 10.0. The minimum absolute atomic E-state index is 0. The number of hydrogen-bond acceptors (Lipinski definition) is 4. The normalized spacial score (nSPS) is 18.1. The van der Waals surface area contributed by atoms with Gasteiger partial charge in [0.1, 0.15) is 10.7 Å². The van der Waals surface area contributed by atoms with Crippen molar-refractivity contribution in [1.82, 2.24) is 9.88 Å². The summed E-state index contributed by atoms with van der Waals surface area (Å²) in [6.07, 6.45) is 4.42. The van der Waals surface area contributed by atoms with Gasteiger partial charge in [0.25, 0.3) is 5.91 Å². The van der Waals surface area contributed by atoms with Gasteiger partial charge in [0.2, 0.25) is 0 Å². The van der Waals surface area contributed by atoms with Gasteiger partial charge >= 0.3 is 0 Å². The average Bonchev–Trinajstić information content (AvgIpc) is 2.92. The number of amides is 1. The molecule has 0 saturated carbocycles. The van der Waals surface area contributed by atoms with Crippen LogP contribution in [0.1, 0.15) is 52.8 Å². The summed E-state index contributed by atoms with van der Waals surface area (Å²) in [5, 5.41) is 2.65. The molecular formula is C17H22ClN3OS. The van der Waals surface area contributed by atoms with E-state index in [0.29, 0.717) is 12.2 Å². The fraction of sp³-hybridized carbons (Fsp3) is 0.412. The van der Waals surface area contributed by atoms with E-state index in [0.717, 1.165) is 30.8 Å². The molecular weight excluding hydrogens is 330 g/mol. The summed E-state index contributed by atoms with van der Waals surface area (Å²) in [4.78, 5) is 19.3. The van der Waals surface area contributed by atoms with E-state index in [1.54, 1.807) is 0 Å². The predicted octanol–water partition coefficient (Wildman–Crippen LogP) is 3.78. The minimum Gasteiger partial charge on any atom is -0.330 e. The highest BCUT2D eigenvalue weighted by Gasteiger charge is 2.28. The number of thiazole rings is 1. The van der Waals surface area contributed by atoms with Crippen LogP contribution < -0.4 is 5.73 Å². The van der Waals surface area contributed by atoms with Crippen LogP contribution in [0.5, 0.6) is 0 Å². The first-order valence-corrected chi connectivity index (χ1v) is 8.68. The highest BCUT2D eigenvalue weighted by molar-refractivity contribution is 7.09. The topological polar surface area (TPSA) is 59.2 Å². The largest absolute Gasteiger partial charge is 0.330 e. The van der Waals surface area contributed by atoms with E-state index in [1.165, 1.54) is 23.3 Å². The lowest BCUT2D eigenvalue weighted by Crippen LogP contribution is -2.35. The van der Waals surface area contributed by atoms with Gasteiger partial charge in [0, 0.05) is 18.5 Å². The molecule has 1 saturated heterocycles. The van der Waals surface area contributed by atoms with Gasteiger partial charge < -0.3 is 10.6 Å². The summed E-state index contributed by atoms with van der Waals surface area (Å²) < 4.78 is 0. The average molecular weight is 352 g/mol. The zero-order valence-electron chi connectivity index (χ0n) is 13.0. The number of nitrogens with two attached hydrogens (primary N) is 1. The Bertz CT molecular complexity index is 632. The molecule has 0 aliphatic carbocycles. The van der Waals surface area contributed by atoms with Crippen molar-refractivity contribution in [2.75, 3.05) is 6.54 Å². The van der Waals surface area contributed by atoms with Crippen molar-refractivity contribution >= 4 is 29.7 Å². The van der Waals surface area contributed by atoms with Crippen molar-refractivity contribution < 1.29 is 4.79 Å². The molecule has 1 aromatic carbocycles. The second kappa shape index (κ2) is 8.43. The Morgan fingerprint density at radius 2 is 2.04 bits per heavy atom. The SMILES string of the molecule is Cl.NCc1nc(C(=O)N2CCCCCC2c2ccccc2)cs1. The third-order valence-electron chi connectivity index (χ3n) is 4.14. The van der Waals surface area contributed by atoms with E-state index < -0.39 is 0 Å². The molecule has 1 amide bonds. The second-order valence-electron chi connectivity index (χ2n) is 5.60. The molecule has 0 bridgehead atoms. The van der Waals surface area contributed by atoms with Crippen molar-refractivity contribution in [3.8, 4) is 0 Å². The fourth-order valence-corrected chi connectivity index (χ4v) is 3.67. The Kier molecular flexibility index (Phi) is 6.57. The molecule has 0 spiro atoms. The predicted molar refractivity (Wildman–Crippen MR) is 95.9 cm³/mol. The third kappa shape index (κ3) is 4.10. The molecule has 2 N–H and O–H groups in total. The van der Waals surface area contributed by atoms with E-state index in [-0.39, 0.29) is 24.4 Å². The summed E-state index contributed by atoms with van der Waals surface area (Å²) >= 11 is 1.46. The zero-order chi connectivity index (χ0) is 15.4. The number of rotatable bonds is 3. The van der Waals surface area contributed by atoms with Crippen molar-refractivity contribution in [1.29, 1.82) is 0 Å². The van der Waals surface area contributed by atoms with Gasteiger partial charge in [-0.2, -0.15) is 0 Å². The molecule has 1 aromatic heterocycles.